The van der Waals surface area contributed by atoms with Gasteiger partial charge in [0.25, 0.3) is 0 Å². The molecule has 0 atom stereocenters. The van der Waals surface area contributed by atoms with Crippen LogP contribution in [0.3, 0.4) is 0 Å². The Kier molecular flexibility index (Phi) is 5.05. The van der Waals surface area contributed by atoms with Crippen LogP contribution < -0.4 is 5.32 Å². The topological polar surface area (TPSA) is 32.3 Å². The first-order valence-electron chi connectivity index (χ1n) is 4.39. The van der Waals surface area contributed by atoms with E-state index in [0.29, 0.717) is 0 Å². The molecular formula is C10H14BrNO. The Hall–Kier alpha value is -0.380. The van der Waals surface area contributed by atoms with Gasteiger partial charge in [0.1, 0.15) is 0 Å². The largest absolute Gasteiger partial charge is 0.396 e. The highest BCUT2D eigenvalue weighted by molar-refractivity contribution is 9.10. The summed E-state index contributed by atoms with van der Waals surface area (Å²) in [5, 5.41) is 11.8. The van der Waals surface area contributed by atoms with Gasteiger partial charge in [-0.1, -0.05) is 28.1 Å². The van der Waals surface area contributed by atoms with Crippen LogP contribution in [0.15, 0.2) is 28.7 Å². The number of hydrogen-bond donors (Lipinski definition) is 2. The van der Waals surface area contributed by atoms with Crippen LogP contribution in [0.1, 0.15) is 12.0 Å². The molecule has 0 saturated heterocycles. The SMILES string of the molecule is OCCCNCc1cccc(Br)c1. The summed E-state index contributed by atoms with van der Waals surface area (Å²) in [5.41, 5.74) is 1.26. The summed E-state index contributed by atoms with van der Waals surface area (Å²) in [6.07, 6.45) is 0.813. The standard InChI is InChI=1S/C10H14BrNO/c11-10-4-1-3-9(7-10)8-12-5-2-6-13/h1,3-4,7,12-13H,2,5-6,8H2. The Morgan fingerprint density at radius 1 is 1.38 bits per heavy atom. The van der Waals surface area contributed by atoms with Crippen molar-refractivity contribution in [3.63, 3.8) is 0 Å². The first-order valence-corrected chi connectivity index (χ1v) is 5.18. The first-order chi connectivity index (χ1) is 6.33. The van der Waals surface area contributed by atoms with Crippen molar-refractivity contribution < 1.29 is 5.11 Å². The molecule has 0 heterocycles. The molecule has 0 fully saturated rings. The lowest BCUT2D eigenvalue weighted by molar-refractivity contribution is 0.286. The summed E-state index contributed by atoms with van der Waals surface area (Å²) >= 11 is 3.42. The van der Waals surface area contributed by atoms with Crippen molar-refractivity contribution in [2.45, 2.75) is 13.0 Å². The molecule has 2 nitrogen and oxygen atoms in total. The van der Waals surface area contributed by atoms with Crippen LogP contribution in [0.5, 0.6) is 0 Å². The van der Waals surface area contributed by atoms with E-state index in [1.165, 1.54) is 5.56 Å². The molecular weight excluding hydrogens is 230 g/mol. The maximum absolute atomic E-state index is 8.56. The molecule has 1 aromatic carbocycles. The lowest BCUT2D eigenvalue weighted by atomic mass is 10.2. The number of aliphatic hydroxyl groups is 1. The quantitative estimate of drug-likeness (QED) is 0.775. The van der Waals surface area contributed by atoms with Crippen molar-refractivity contribution in [3.05, 3.63) is 34.3 Å². The third-order valence-electron chi connectivity index (χ3n) is 1.73. The third kappa shape index (κ3) is 4.41. The molecule has 0 saturated carbocycles. The molecule has 0 bridgehead atoms. The van der Waals surface area contributed by atoms with Gasteiger partial charge in [0.05, 0.1) is 0 Å². The second kappa shape index (κ2) is 6.13. The highest BCUT2D eigenvalue weighted by Gasteiger charge is 1.92. The van der Waals surface area contributed by atoms with Gasteiger partial charge in [0, 0.05) is 17.6 Å². The van der Waals surface area contributed by atoms with Gasteiger partial charge in [-0.2, -0.15) is 0 Å². The summed E-state index contributed by atoms with van der Waals surface area (Å²) in [7, 11) is 0. The Morgan fingerprint density at radius 2 is 2.23 bits per heavy atom. The van der Waals surface area contributed by atoms with Crippen molar-refractivity contribution in [2.24, 2.45) is 0 Å². The van der Waals surface area contributed by atoms with Gasteiger partial charge in [-0.25, -0.2) is 0 Å². The van der Waals surface area contributed by atoms with Crippen LogP contribution in [0.2, 0.25) is 0 Å². The predicted octanol–water partition coefficient (Wildman–Crippen LogP) is 1.92. The molecule has 1 aromatic rings. The minimum atomic E-state index is 0.255. The molecule has 3 heteroatoms. The fourth-order valence-electron chi connectivity index (χ4n) is 1.08. The second-order valence-electron chi connectivity index (χ2n) is 2.88. The zero-order valence-corrected chi connectivity index (χ0v) is 9.05. The molecule has 0 aliphatic carbocycles. The zero-order chi connectivity index (χ0) is 9.52. The Balaban J connectivity index is 2.28. The zero-order valence-electron chi connectivity index (χ0n) is 7.46. The van der Waals surface area contributed by atoms with Gasteiger partial charge < -0.3 is 10.4 Å². The van der Waals surface area contributed by atoms with E-state index in [1.54, 1.807) is 0 Å². The number of nitrogens with one attached hydrogen (secondary N) is 1. The molecule has 1 rings (SSSR count). The monoisotopic (exact) mass is 243 g/mol. The average molecular weight is 244 g/mol. The summed E-state index contributed by atoms with van der Waals surface area (Å²) in [6, 6.07) is 8.20. The van der Waals surface area contributed by atoms with Crippen LogP contribution in [0.4, 0.5) is 0 Å². The number of aliphatic hydroxyl groups excluding tert-OH is 1. The minimum Gasteiger partial charge on any atom is -0.396 e. The van der Waals surface area contributed by atoms with Gasteiger partial charge in [0.15, 0.2) is 0 Å². The van der Waals surface area contributed by atoms with Crippen molar-refractivity contribution in [1.82, 2.24) is 5.32 Å². The molecule has 72 valence electrons. The number of benzene rings is 1. The maximum atomic E-state index is 8.56. The summed E-state index contributed by atoms with van der Waals surface area (Å²) < 4.78 is 1.11. The minimum absolute atomic E-state index is 0.255. The van der Waals surface area contributed by atoms with E-state index in [1.807, 2.05) is 12.1 Å². The Morgan fingerprint density at radius 3 is 2.92 bits per heavy atom. The highest BCUT2D eigenvalue weighted by Crippen LogP contribution is 2.11. The number of halogens is 1. The predicted molar refractivity (Wildman–Crippen MR) is 57.6 cm³/mol. The van der Waals surface area contributed by atoms with E-state index in [2.05, 4.69) is 33.4 Å². The highest BCUT2D eigenvalue weighted by atomic mass is 79.9. The van der Waals surface area contributed by atoms with Crippen LogP contribution in [0, 0.1) is 0 Å². The van der Waals surface area contributed by atoms with Gasteiger partial charge in [0.2, 0.25) is 0 Å². The number of rotatable bonds is 5. The molecule has 2 N–H and O–H groups in total. The van der Waals surface area contributed by atoms with Gasteiger partial charge in [-0.15, -0.1) is 0 Å². The van der Waals surface area contributed by atoms with E-state index in [4.69, 9.17) is 5.11 Å². The van der Waals surface area contributed by atoms with Gasteiger partial charge in [-0.3, -0.25) is 0 Å². The Bertz CT molecular complexity index is 252. The molecule has 0 unspecified atom stereocenters. The molecule has 13 heavy (non-hydrogen) atoms. The van der Waals surface area contributed by atoms with E-state index in [9.17, 15) is 0 Å². The lowest BCUT2D eigenvalue weighted by Gasteiger charge is -2.03. The second-order valence-corrected chi connectivity index (χ2v) is 3.80. The van der Waals surface area contributed by atoms with E-state index >= 15 is 0 Å². The van der Waals surface area contributed by atoms with Gasteiger partial charge in [-0.05, 0) is 30.7 Å². The van der Waals surface area contributed by atoms with Crippen LogP contribution in [-0.2, 0) is 6.54 Å². The van der Waals surface area contributed by atoms with Crippen LogP contribution >= 0.6 is 15.9 Å². The average Bonchev–Trinajstić information content (AvgIpc) is 2.13. The van der Waals surface area contributed by atoms with Gasteiger partial charge >= 0.3 is 0 Å². The fraction of sp³-hybridized carbons (Fsp3) is 0.400. The van der Waals surface area contributed by atoms with Crippen molar-refractivity contribution in [2.75, 3.05) is 13.2 Å². The maximum Gasteiger partial charge on any atom is 0.0443 e. The van der Waals surface area contributed by atoms with Crippen LogP contribution in [-0.4, -0.2) is 18.3 Å². The molecule has 0 aliphatic heterocycles. The van der Waals surface area contributed by atoms with Crippen molar-refractivity contribution >= 4 is 15.9 Å². The first kappa shape index (κ1) is 10.7. The normalized spacial score (nSPS) is 10.3. The Labute approximate surface area is 87.1 Å². The molecule has 0 aromatic heterocycles. The van der Waals surface area contributed by atoms with E-state index in [0.717, 1.165) is 24.0 Å². The van der Waals surface area contributed by atoms with Crippen molar-refractivity contribution in [3.8, 4) is 0 Å². The number of hydrogen-bond acceptors (Lipinski definition) is 2. The molecule has 0 radical (unpaired) electrons. The van der Waals surface area contributed by atoms with Crippen LogP contribution in [0.25, 0.3) is 0 Å². The summed E-state index contributed by atoms with van der Waals surface area (Å²) in [5.74, 6) is 0. The fourth-order valence-corrected chi connectivity index (χ4v) is 1.53. The summed E-state index contributed by atoms with van der Waals surface area (Å²) in [6.45, 7) is 1.98. The van der Waals surface area contributed by atoms with E-state index < -0.39 is 0 Å². The molecule has 0 amide bonds. The smallest absolute Gasteiger partial charge is 0.0443 e. The summed E-state index contributed by atoms with van der Waals surface area (Å²) in [4.78, 5) is 0. The lowest BCUT2D eigenvalue weighted by Crippen LogP contribution is -2.15. The third-order valence-corrected chi connectivity index (χ3v) is 2.22. The van der Waals surface area contributed by atoms with Crippen molar-refractivity contribution in [1.29, 1.82) is 0 Å². The molecule has 0 spiro atoms. The van der Waals surface area contributed by atoms with E-state index in [-0.39, 0.29) is 6.61 Å². The molecule has 0 aliphatic rings.